The van der Waals surface area contributed by atoms with E-state index < -0.39 is 60.2 Å². The first-order valence-corrected chi connectivity index (χ1v) is 11.4. The number of phenols is 1. The Morgan fingerprint density at radius 2 is 1.24 bits per heavy atom. The van der Waals surface area contributed by atoms with Gasteiger partial charge < -0.3 is 37.0 Å². The van der Waals surface area contributed by atoms with Gasteiger partial charge in [0.2, 0.25) is 17.7 Å². The Morgan fingerprint density at radius 1 is 0.757 bits per heavy atom. The molecule has 198 valence electrons. The van der Waals surface area contributed by atoms with Gasteiger partial charge in [0, 0.05) is 12.8 Å². The molecule has 0 aliphatic heterocycles. The van der Waals surface area contributed by atoms with Gasteiger partial charge in [-0.15, -0.1) is 0 Å². The van der Waals surface area contributed by atoms with Crippen molar-refractivity contribution in [3.63, 3.8) is 0 Å². The zero-order valence-electron chi connectivity index (χ0n) is 20.1. The van der Waals surface area contributed by atoms with E-state index in [-0.39, 0.29) is 18.6 Å². The van der Waals surface area contributed by atoms with Crippen LogP contribution in [0.1, 0.15) is 24.5 Å². The molecule has 0 aromatic heterocycles. The molecule has 37 heavy (non-hydrogen) atoms. The molecule has 2 aromatic carbocycles. The summed E-state index contributed by atoms with van der Waals surface area (Å²) in [4.78, 5) is 60.8. The van der Waals surface area contributed by atoms with E-state index in [2.05, 4.69) is 16.0 Å². The van der Waals surface area contributed by atoms with Crippen LogP contribution >= 0.6 is 0 Å². The van der Waals surface area contributed by atoms with Crippen LogP contribution in [0.4, 0.5) is 0 Å². The highest BCUT2D eigenvalue weighted by Crippen LogP contribution is 2.12. The lowest BCUT2D eigenvalue weighted by Crippen LogP contribution is -2.58. The summed E-state index contributed by atoms with van der Waals surface area (Å²) in [6.45, 7) is 1.27. The second-order valence-corrected chi connectivity index (χ2v) is 8.46. The average molecular weight is 515 g/mol. The molecule has 0 bridgehead atoms. The monoisotopic (exact) mass is 514 g/mol. The number of amides is 3. The molecule has 0 radical (unpaired) electrons. The van der Waals surface area contributed by atoms with Crippen LogP contribution in [0.3, 0.4) is 0 Å². The summed E-state index contributed by atoms with van der Waals surface area (Å²) in [6, 6.07) is 9.45. The largest absolute Gasteiger partial charge is 0.508 e. The van der Waals surface area contributed by atoms with E-state index >= 15 is 0 Å². The van der Waals surface area contributed by atoms with Gasteiger partial charge in [0.1, 0.15) is 23.9 Å². The van der Waals surface area contributed by atoms with Gasteiger partial charge in [0.05, 0.1) is 12.5 Å². The number of carboxylic acid groups (broad SMARTS) is 2. The molecular weight excluding hydrogens is 484 g/mol. The summed E-state index contributed by atoms with van der Waals surface area (Å²) < 4.78 is 0. The lowest BCUT2D eigenvalue weighted by Gasteiger charge is -2.25. The smallest absolute Gasteiger partial charge is 0.325 e. The number of carbonyl (C=O) groups excluding carboxylic acids is 3. The van der Waals surface area contributed by atoms with Crippen LogP contribution in [0, 0.1) is 0 Å². The van der Waals surface area contributed by atoms with Crippen molar-refractivity contribution in [1.82, 2.24) is 16.0 Å². The van der Waals surface area contributed by atoms with Crippen LogP contribution in [0.5, 0.6) is 5.75 Å². The minimum absolute atomic E-state index is 0.00313. The Bertz CT molecular complexity index is 1110. The molecule has 4 atom stereocenters. The fourth-order valence-electron chi connectivity index (χ4n) is 3.34. The number of phenolic OH excluding ortho intramolecular Hbond substituents is 1. The molecule has 0 aliphatic rings. The number of benzene rings is 2. The minimum Gasteiger partial charge on any atom is -0.508 e. The van der Waals surface area contributed by atoms with E-state index in [0.717, 1.165) is 0 Å². The number of nitrogens with one attached hydrogen (secondary N) is 3. The number of aliphatic carboxylic acids is 2. The van der Waals surface area contributed by atoms with Crippen molar-refractivity contribution in [3.05, 3.63) is 65.7 Å². The molecule has 0 saturated carbocycles. The number of hydrogen-bond acceptors (Lipinski definition) is 7. The van der Waals surface area contributed by atoms with E-state index in [0.29, 0.717) is 11.1 Å². The van der Waals surface area contributed by atoms with Gasteiger partial charge in [-0.05, 0) is 30.2 Å². The second kappa shape index (κ2) is 13.6. The Balaban J connectivity index is 2.28. The van der Waals surface area contributed by atoms with Crippen LogP contribution in [0.15, 0.2) is 54.6 Å². The number of hydrogen-bond donors (Lipinski definition) is 7. The molecule has 4 unspecified atom stereocenters. The van der Waals surface area contributed by atoms with Crippen LogP contribution in [-0.4, -0.2) is 69.1 Å². The first kappa shape index (κ1) is 28.8. The van der Waals surface area contributed by atoms with E-state index in [1.807, 2.05) is 0 Å². The number of carboxylic acids is 2. The number of carbonyl (C=O) groups is 5. The Hall–Kier alpha value is -4.45. The summed E-state index contributed by atoms with van der Waals surface area (Å²) >= 11 is 0. The van der Waals surface area contributed by atoms with Gasteiger partial charge >= 0.3 is 11.9 Å². The van der Waals surface area contributed by atoms with Crippen LogP contribution in [0.25, 0.3) is 0 Å². The first-order valence-electron chi connectivity index (χ1n) is 11.4. The summed E-state index contributed by atoms with van der Waals surface area (Å²) in [5.41, 5.74) is 6.88. The third-order valence-corrected chi connectivity index (χ3v) is 5.39. The Labute approximate surface area is 212 Å². The van der Waals surface area contributed by atoms with Crippen molar-refractivity contribution in [2.75, 3.05) is 0 Å². The molecule has 0 heterocycles. The molecule has 12 nitrogen and oxygen atoms in total. The standard InChI is InChI=1S/C25H30N4O8/c1-14(25(36)37)27-23(34)19(12-16-7-9-17(30)10-8-16)29-24(35)20(11-15-5-3-2-4-6-15)28-22(33)18(26)13-21(31)32/h2-10,14,18-20,30H,11-13,26H2,1H3,(H,27,34)(H,28,33)(H,29,35)(H,31,32)(H,36,37). The second-order valence-electron chi connectivity index (χ2n) is 8.46. The Morgan fingerprint density at radius 3 is 1.76 bits per heavy atom. The van der Waals surface area contributed by atoms with Crippen molar-refractivity contribution in [1.29, 1.82) is 0 Å². The fourth-order valence-corrected chi connectivity index (χ4v) is 3.34. The molecule has 0 saturated heterocycles. The van der Waals surface area contributed by atoms with Crippen molar-refractivity contribution in [2.45, 2.75) is 50.4 Å². The van der Waals surface area contributed by atoms with Crippen LogP contribution in [-0.2, 0) is 36.8 Å². The van der Waals surface area contributed by atoms with Gasteiger partial charge in [-0.3, -0.25) is 24.0 Å². The number of rotatable bonds is 13. The number of aromatic hydroxyl groups is 1. The molecular formula is C25H30N4O8. The van der Waals surface area contributed by atoms with E-state index in [9.17, 15) is 29.1 Å². The molecule has 2 aromatic rings. The van der Waals surface area contributed by atoms with Crippen molar-refractivity contribution in [3.8, 4) is 5.75 Å². The van der Waals surface area contributed by atoms with Gasteiger partial charge in [-0.25, -0.2) is 0 Å². The van der Waals surface area contributed by atoms with Crippen LogP contribution < -0.4 is 21.7 Å². The Kier molecular flexibility index (Phi) is 10.6. The predicted molar refractivity (Wildman–Crippen MR) is 131 cm³/mol. The predicted octanol–water partition coefficient (Wildman–Crippen LogP) is -0.462. The van der Waals surface area contributed by atoms with Crippen molar-refractivity contribution < 1.29 is 39.3 Å². The van der Waals surface area contributed by atoms with Crippen molar-refractivity contribution in [2.24, 2.45) is 5.73 Å². The third-order valence-electron chi connectivity index (χ3n) is 5.39. The third kappa shape index (κ3) is 9.61. The maximum atomic E-state index is 13.3. The highest BCUT2D eigenvalue weighted by Gasteiger charge is 2.30. The average Bonchev–Trinajstić information content (AvgIpc) is 2.84. The van der Waals surface area contributed by atoms with E-state index in [1.165, 1.54) is 31.2 Å². The molecule has 3 amide bonds. The van der Waals surface area contributed by atoms with Gasteiger partial charge in [-0.2, -0.15) is 0 Å². The van der Waals surface area contributed by atoms with Gasteiger partial charge in [-0.1, -0.05) is 42.5 Å². The maximum Gasteiger partial charge on any atom is 0.325 e. The summed E-state index contributed by atoms with van der Waals surface area (Å²) in [6.07, 6.45) is -0.684. The normalized spacial score (nSPS) is 13.9. The van der Waals surface area contributed by atoms with Crippen molar-refractivity contribution >= 4 is 29.7 Å². The van der Waals surface area contributed by atoms with Gasteiger partial charge in [0.25, 0.3) is 0 Å². The summed E-state index contributed by atoms with van der Waals surface area (Å²) in [7, 11) is 0. The zero-order valence-corrected chi connectivity index (χ0v) is 20.1. The lowest BCUT2D eigenvalue weighted by molar-refractivity contribution is -0.141. The molecule has 0 fully saturated rings. The zero-order chi connectivity index (χ0) is 27.5. The molecule has 0 spiro atoms. The number of nitrogens with two attached hydrogens (primary N) is 1. The topological polar surface area (TPSA) is 208 Å². The summed E-state index contributed by atoms with van der Waals surface area (Å²) in [5.74, 6) is -4.96. The quantitative estimate of drug-likeness (QED) is 0.184. The van der Waals surface area contributed by atoms with E-state index in [4.69, 9.17) is 15.9 Å². The molecule has 8 N–H and O–H groups in total. The SMILES string of the molecule is CC(NC(=O)C(Cc1ccc(O)cc1)NC(=O)C(Cc1ccccc1)NC(=O)C(N)CC(=O)O)C(=O)O. The highest BCUT2D eigenvalue weighted by molar-refractivity contribution is 5.95. The lowest BCUT2D eigenvalue weighted by atomic mass is 10.0. The van der Waals surface area contributed by atoms with Gasteiger partial charge in [0.15, 0.2) is 0 Å². The maximum absolute atomic E-state index is 13.3. The molecule has 2 rings (SSSR count). The highest BCUT2D eigenvalue weighted by atomic mass is 16.4. The fraction of sp³-hybridized carbons (Fsp3) is 0.320. The molecule has 12 heteroatoms. The molecule has 0 aliphatic carbocycles. The van der Waals surface area contributed by atoms with Crippen LogP contribution in [0.2, 0.25) is 0 Å². The van der Waals surface area contributed by atoms with E-state index in [1.54, 1.807) is 30.3 Å². The summed E-state index contributed by atoms with van der Waals surface area (Å²) in [5, 5.41) is 34.9. The minimum atomic E-state index is -1.41. The first-order chi connectivity index (χ1) is 17.5.